The lowest BCUT2D eigenvalue weighted by Gasteiger charge is -2.16. The Morgan fingerprint density at radius 1 is 1.11 bits per heavy atom. The molecule has 4 nitrogen and oxygen atoms in total. The van der Waals surface area contributed by atoms with Crippen molar-refractivity contribution >= 4 is 16.9 Å². The largest absolute Gasteiger partial charge is 0.426 e. The molecule has 0 unspecified atom stereocenters. The molecular weight excluding hydrogens is 347 g/mol. The lowest BCUT2D eigenvalue weighted by Crippen LogP contribution is -2.25. The normalized spacial score (nSPS) is 11.6. The highest BCUT2D eigenvalue weighted by atomic mass is 19.1. The topological polar surface area (TPSA) is 56.5 Å². The molecule has 0 N–H and O–H groups in total. The first-order valence-electron chi connectivity index (χ1n) is 8.68. The minimum atomic E-state index is -0.634. The van der Waals surface area contributed by atoms with Gasteiger partial charge in [-0.25, -0.2) is 9.18 Å². The van der Waals surface area contributed by atoms with Gasteiger partial charge in [-0.3, -0.25) is 4.79 Å². The summed E-state index contributed by atoms with van der Waals surface area (Å²) in [5.41, 5.74) is 1.41. The summed E-state index contributed by atoms with van der Waals surface area (Å²) in [6.07, 6.45) is 0.352. The number of carbonyl (C=O) groups is 1. The summed E-state index contributed by atoms with van der Waals surface area (Å²) in [4.78, 5) is 24.5. The second-order valence-electron chi connectivity index (χ2n) is 7.59. The van der Waals surface area contributed by atoms with Crippen molar-refractivity contribution in [2.45, 2.75) is 34.1 Å². The van der Waals surface area contributed by atoms with Gasteiger partial charge < -0.3 is 9.15 Å². The van der Waals surface area contributed by atoms with Gasteiger partial charge in [-0.15, -0.1) is 0 Å². The molecule has 1 heterocycles. The van der Waals surface area contributed by atoms with Gasteiger partial charge >= 0.3 is 11.6 Å². The number of ether oxygens (including phenoxy) is 1. The number of hydrogen-bond acceptors (Lipinski definition) is 4. The minimum absolute atomic E-state index is 0.321. The van der Waals surface area contributed by atoms with E-state index >= 15 is 0 Å². The third kappa shape index (κ3) is 4.08. The van der Waals surface area contributed by atoms with Crippen molar-refractivity contribution in [1.82, 2.24) is 0 Å². The van der Waals surface area contributed by atoms with Crippen LogP contribution in [0.25, 0.3) is 11.0 Å². The number of rotatable bonds is 3. The molecule has 0 radical (unpaired) electrons. The molecule has 0 aliphatic rings. The molecule has 0 aliphatic heterocycles. The molecule has 1 aromatic heterocycles. The molecule has 0 bridgehead atoms. The molecular formula is C22H21FO4. The first kappa shape index (κ1) is 18.8. The zero-order chi connectivity index (χ0) is 19.8. The van der Waals surface area contributed by atoms with E-state index < -0.39 is 11.0 Å². The smallest absolute Gasteiger partial charge is 0.340 e. The molecule has 3 rings (SSSR count). The first-order valence-corrected chi connectivity index (χ1v) is 8.68. The van der Waals surface area contributed by atoms with Gasteiger partial charge in [-0.05, 0) is 63.1 Å². The van der Waals surface area contributed by atoms with Crippen LogP contribution in [0.2, 0.25) is 0 Å². The van der Waals surface area contributed by atoms with Crippen LogP contribution in [0.3, 0.4) is 0 Å². The Hall–Kier alpha value is -2.95. The van der Waals surface area contributed by atoms with Crippen LogP contribution in [0, 0.1) is 18.2 Å². The monoisotopic (exact) mass is 368 g/mol. The summed E-state index contributed by atoms with van der Waals surface area (Å²) in [6, 6.07) is 11.0. The average Bonchev–Trinajstić information content (AvgIpc) is 2.59. The summed E-state index contributed by atoms with van der Waals surface area (Å²) in [5.74, 6) is -0.358. The molecule has 0 atom stereocenters. The highest BCUT2D eigenvalue weighted by Crippen LogP contribution is 2.27. The summed E-state index contributed by atoms with van der Waals surface area (Å²) in [7, 11) is 0. The van der Waals surface area contributed by atoms with Gasteiger partial charge in [0.05, 0.1) is 5.41 Å². The number of aryl methyl sites for hydroxylation is 1. The maximum absolute atomic E-state index is 13.1. The van der Waals surface area contributed by atoms with E-state index in [4.69, 9.17) is 9.15 Å². The van der Waals surface area contributed by atoms with E-state index in [1.165, 1.54) is 12.1 Å². The molecule has 0 fully saturated rings. The fourth-order valence-corrected chi connectivity index (χ4v) is 2.71. The third-order valence-corrected chi connectivity index (χ3v) is 4.38. The molecule has 5 heteroatoms. The van der Waals surface area contributed by atoms with E-state index in [2.05, 4.69) is 0 Å². The van der Waals surface area contributed by atoms with Gasteiger partial charge in [0, 0.05) is 23.4 Å². The molecule has 0 saturated heterocycles. The molecule has 0 spiro atoms. The zero-order valence-electron chi connectivity index (χ0n) is 15.8. The Morgan fingerprint density at radius 3 is 2.41 bits per heavy atom. The minimum Gasteiger partial charge on any atom is -0.426 e. The van der Waals surface area contributed by atoms with Crippen LogP contribution in [0.5, 0.6) is 5.75 Å². The van der Waals surface area contributed by atoms with Gasteiger partial charge in [0.2, 0.25) is 0 Å². The molecule has 0 aliphatic carbocycles. The van der Waals surface area contributed by atoms with Gasteiger partial charge in [0.25, 0.3) is 0 Å². The highest BCUT2D eigenvalue weighted by Gasteiger charge is 2.24. The lowest BCUT2D eigenvalue weighted by molar-refractivity contribution is -0.142. The summed E-state index contributed by atoms with van der Waals surface area (Å²) >= 11 is 0. The fraction of sp³-hybridized carbons (Fsp3) is 0.273. The van der Waals surface area contributed by atoms with Gasteiger partial charge in [-0.2, -0.15) is 0 Å². The van der Waals surface area contributed by atoms with E-state index in [-0.39, 0.29) is 11.8 Å². The SMILES string of the molecule is Cc1c(Cc2ccc(F)cc2)c(=O)oc2cc(OC(=O)C(C)(C)C)ccc12. The van der Waals surface area contributed by atoms with Crippen LogP contribution >= 0.6 is 0 Å². The van der Waals surface area contributed by atoms with Crippen LogP contribution in [0.15, 0.2) is 51.7 Å². The second-order valence-corrected chi connectivity index (χ2v) is 7.59. The maximum atomic E-state index is 13.1. The van der Waals surface area contributed by atoms with Gasteiger partial charge in [-0.1, -0.05) is 12.1 Å². The van der Waals surface area contributed by atoms with E-state index in [0.717, 1.165) is 16.5 Å². The van der Waals surface area contributed by atoms with E-state index in [1.807, 2.05) is 6.92 Å². The average molecular weight is 368 g/mol. The van der Waals surface area contributed by atoms with Crippen molar-refractivity contribution in [1.29, 1.82) is 0 Å². The number of esters is 1. The maximum Gasteiger partial charge on any atom is 0.340 e. The highest BCUT2D eigenvalue weighted by molar-refractivity contribution is 5.84. The standard InChI is InChI=1S/C22H21FO4/c1-13-17-10-9-16(26-21(25)22(2,3)4)12-19(17)27-20(24)18(13)11-14-5-7-15(23)8-6-14/h5-10,12H,11H2,1-4H3. The Kier molecular flexibility index (Phi) is 4.87. The molecule has 0 amide bonds. The third-order valence-electron chi connectivity index (χ3n) is 4.38. The van der Waals surface area contributed by atoms with Crippen LogP contribution in [0.4, 0.5) is 4.39 Å². The van der Waals surface area contributed by atoms with Crippen LogP contribution in [-0.2, 0) is 11.2 Å². The summed E-state index contributed by atoms with van der Waals surface area (Å²) in [6.45, 7) is 7.14. The predicted molar refractivity (Wildman–Crippen MR) is 102 cm³/mol. The van der Waals surface area contributed by atoms with Crippen molar-refractivity contribution in [3.05, 3.63) is 75.4 Å². The van der Waals surface area contributed by atoms with Crippen molar-refractivity contribution in [2.24, 2.45) is 5.41 Å². The number of carbonyl (C=O) groups excluding carboxylic acids is 1. The molecule has 140 valence electrons. The van der Waals surface area contributed by atoms with Gasteiger partial charge in [0.15, 0.2) is 0 Å². The second kappa shape index (κ2) is 6.99. The van der Waals surface area contributed by atoms with E-state index in [0.29, 0.717) is 23.3 Å². The number of hydrogen-bond donors (Lipinski definition) is 0. The Bertz CT molecular complexity index is 1060. The Labute approximate surface area is 156 Å². The molecule has 0 saturated carbocycles. The molecule has 27 heavy (non-hydrogen) atoms. The van der Waals surface area contributed by atoms with Gasteiger partial charge in [0.1, 0.15) is 17.1 Å². The predicted octanol–water partition coefficient (Wildman–Crippen LogP) is 4.78. The molecule has 3 aromatic rings. The van der Waals surface area contributed by atoms with Crippen molar-refractivity contribution in [2.75, 3.05) is 0 Å². The van der Waals surface area contributed by atoms with Crippen molar-refractivity contribution in [3.63, 3.8) is 0 Å². The van der Waals surface area contributed by atoms with E-state index in [9.17, 15) is 14.0 Å². The number of halogens is 1. The van der Waals surface area contributed by atoms with Crippen molar-refractivity contribution < 1.29 is 18.3 Å². The molecule has 2 aromatic carbocycles. The zero-order valence-corrected chi connectivity index (χ0v) is 15.8. The van der Waals surface area contributed by atoms with Crippen LogP contribution < -0.4 is 10.4 Å². The van der Waals surface area contributed by atoms with Crippen LogP contribution in [0.1, 0.15) is 37.5 Å². The van der Waals surface area contributed by atoms with Crippen molar-refractivity contribution in [3.8, 4) is 5.75 Å². The fourth-order valence-electron chi connectivity index (χ4n) is 2.71. The Balaban J connectivity index is 1.97. The first-order chi connectivity index (χ1) is 12.6. The number of fused-ring (bicyclic) bond motifs is 1. The summed E-state index contributed by atoms with van der Waals surface area (Å²) in [5, 5.41) is 0.766. The Morgan fingerprint density at radius 2 is 1.78 bits per heavy atom. The quantitative estimate of drug-likeness (QED) is 0.379. The number of benzene rings is 2. The van der Waals surface area contributed by atoms with Crippen LogP contribution in [-0.4, -0.2) is 5.97 Å². The van der Waals surface area contributed by atoms with E-state index in [1.54, 1.807) is 51.1 Å². The lowest BCUT2D eigenvalue weighted by atomic mass is 9.97. The summed E-state index contributed by atoms with van der Waals surface area (Å²) < 4.78 is 23.9.